The smallest absolute Gasteiger partial charge is 0.256 e. The third-order valence-electron chi connectivity index (χ3n) is 5.14. The Morgan fingerprint density at radius 2 is 1.59 bits per heavy atom. The number of anilines is 1. The molecule has 5 heteroatoms. The maximum absolute atomic E-state index is 13.1. The van der Waals surface area contributed by atoms with Crippen molar-refractivity contribution >= 4 is 16.5 Å². The molecule has 4 aromatic rings. The topological polar surface area (TPSA) is 91.7 Å². The van der Waals surface area contributed by atoms with Gasteiger partial charge < -0.3 is 15.7 Å². The highest BCUT2D eigenvalue weighted by atomic mass is 16.1. The molecule has 0 saturated heterocycles. The summed E-state index contributed by atoms with van der Waals surface area (Å²) in [7, 11) is 0. The van der Waals surface area contributed by atoms with Gasteiger partial charge in [0.15, 0.2) is 0 Å². The van der Waals surface area contributed by atoms with Crippen LogP contribution in [-0.4, -0.2) is 9.97 Å². The first kappa shape index (κ1) is 18.7. The molecule has 0 atom stereocenters. The second kappa shape index (κ2) is 6.78. The normalized spacial score (nSPS) is 11.7. The van der Waals surface area contributed by atoms with Crippen LogP contribution in [0.2, 0.25) is 0 Å². The van der Waals surface area contributed by atoms with Gasteiger partial charge in [-0.3, -0.25) is 9.59 Å². The summed E-state index contributed by atoms with van der Waals surface area (Å²) < 4.78 is 0. The zero-order valence-electron chi connectivity index (χ0n) is 16.7. The highest BCUT2D eigenvalue weighted by molar-refractivity contribution is 5.98. The van der Waals surface area contributed by atoms with E-state index in [0.717, 1.165) is 16.5 Å². The minimum absolute atomic E-state index is 0.144. The van der Waals surface area contributed by atoms with E-state index in [1.54, 1.807) is 30.5 Å². The zero-order valence-corrected chi connectivity index (χ0v) is 16.7. The second-order valence-electron chi connectivity index (χ2n) is 8.29. The van der Waals surface area contributed by atoms with Gasteiger partial charge in [-0.05, 0) is 58.3 Å². The van der Waals surface area contributed by atoms with Crippen molar-refractivity contribution in [1.82, 2.24) is 9.97 Å². The molecule has 4 N–H and O–H groups in total. The minimum Gasteiger partial charge on any atom is -0.399 e. The number of aromatic nitrogens is 2. The van der Waals surface area contributed by atoms with Gasteiger partial charge in [0, 0.05) is 28.7 Å². The van der Waals surface area contributed by atoms with Crippen LogP contribution in [0.4, 0.5) is 5.69 Å². The molecule has 29 heavy (non-hydrogen) atoms. The molecule has 2 aromatic heterocycles. The molecule has 0 bridgehead atoms. The summed E-state index contributed by atoms with van der Waals surface area (Å²) in [5.74, 6) is 0. The number of benzene rings is 2. The van der Waals surface area contributed by atoms with Gasteiger partial charge in [-0.1, -0.05) is 39.0 Å². The summed E-state index contributed by atoms with van der Waals surface area (Å²) in [6, 6.07) is 16.8. The van der Waals surface area contributed by atoms with Gasteiger partial charge in [0.25, 0.3) is 11.1 Å². The molecule has 0 amide bonds. The summed E-state index contributed by atoms with van der Waals surface area (Å²) in [5, 5.41) is 1.31. The fourth-order valence-electron chi connectivity index (χ4n) is 3.51. The second-order valence-corrected chi connectivity index (χ2v) is 8.29. The minimum atomic E-state index is -0.229. The summed E-state index contributed by atoms with van der Waals surface area (Å²) in [6.45, 7) is 6.34. The Balaban J connectivity index is 2.08. The number of nitrogen functional groups attached to an aromatic ring is 1. The summed E-state index contributed by atoms with van der Waals surface area (Å²) >= 11 is 0. The molecule has 2 heterocycles. The molecule has 0 fully saturated rings. The Hall–Kier alpha value is -3.60. The van der Waals surface area contributed by atoms with Crippen LogP contribution in [0.3, 0.4) is 0 Å². The highest BCUT2D eigenvalue weighted by Gasteiger charge is 2.20. The van der Waals surface area contributed by atoms with Crippen molar-refractivity contribution in [3.05, 3.63) is 87.1 Å². The van der Waals surface area contributed by atoms with Crippen LogP contribution in [0.25, 0.3) is 33.2 Å². The highest BCUT2D eigenvalue weighted by Crippen LogP contribution is 2.33. The molecule has 0 unspecified atom stereocenters. The Morgan fingerprint density at radius 3 is 2.24 bits per heavy atom. The average Bonchev–Trinajstić information content (AvgIpc) is 2.67. The molecular weight excluding hydrogens is 362 g/mol. The van der Waals surface area contributed by atoms with Crippen molar-refractivity contribution in [1.29, 1.82) is 0 Å². The van der Waals surface area contributed by atoms with E-state index in [4.69, 9.17) is 5.73 Å². The number of rotatable bonds is 2. The van der Waals surface area contributed by atoms with E-state index in [1.807, 2.05) is 30.3 Å². The van der Waals surface area contributed by atoms with Crippen molar-refractivity contribution in [3.8, 4) is 22.4 Å². The van der Waals surface area contributed by atoms with E-state index in [-0.39, 0.29) is 16.5 Å². The van der Waals surface area contributed by atoms with Crippen molar-refractivity contribution in [2.45, 2.75) is 26.2 Å². The number of aromatic amines is 2. The molecule has 0 aliphatic rings. The Bertz CT molecular complexity index is 1320. The first-order valence-corrected chi connectivity index (χ1v) is 9.49. The first-order chi connectivity index (χ1) is 13.7. The number of nitrogens with one attached hydrogen (secondary N) is 2. The third kappa shape index (κ3) is 3.47. The standard InChI is InChI=1S/C24H23N3O2/c1-24(2,3)16-11-15-12-20(14-6-8-17(25)9-7-14)27-23(29)21(15)19(13-16)18-5-4-10-26-22(18)28/h4-13H,25H2,1-3H3,(H,26,28)(H,27,29). The summed E-state index contributed by atoms with van der Waals surface area (Å²) in [6.07, 6.45) is 1.59. The predicted octanol–water partition coefficient (Wildman–Crippen LogP) is 4.43. The Labute approximate surface area is 168 Å². The van der Waals surface area contributed by atoms with Gasteiger partial charge in [-0.25, -0.2) is 0 Å². The molecule has 0 saturated carbocycles. The van der Waals surface area contributed by atoms with E-state index in [0.29, 0.717) is 27.9 Å². The fourth-order valence-corrected chi connectivity index (χ4v) is 3.51. The lowest BCUT2D eigenvalue weighted by Gasteiger charge is -2.21. The maximum Gasteiger partial charge on any atom is 0.256 e. The van der Waals surface area contributed by atoms with E-state index in [9.17, 15) is 9.59 Å². The quantitative estimate of drug-likeness (QED) is 0.446. The van der Waals surface area contributed by atoms with Gasteiger partial charge in [-0.15, -0.1) is 0 Å². The number of H-pyrrole nitrogens is 2. The molecule has 2 aromatic carbocycles. The number of nitrogens with two attached hydrogens (primary N) is 1. The van der Waals surface area contributed by atoms with E-state index < -0.39 is 0 Å². The summed E-state index contributed by atoms with van der Waals surface area (Å²) in [5.41, 5.74) is 9.61. The molecule has 4 rings (SSSR count). The van der Waals surface area contributed by atoms with Crippen LogP contribution in [0.1, 0.15) is 26.3 Å². The maximum atomic E-state index is 13.1. The monoisotopic (exact) mass is 385 g/mol. The van der Waals surface area contributed by atoms with Gasteiger partial charge in [0.05, 0.1) is 5.39 Å². The number of hydrogen-bond donors (Lipinski definition) is 3. The van der Waals surface area contributed by atoms with Gasteiger partial charge in [0.2, 0.25) is 0 Å². The molecule has 0 aliphatic carbocycles. The van der Waals surface area contributed by atoms with Crippen molar-refractivity contribution in [2.24, 2.45) is 0 Å². The first-order valence-electron chi connectivity index (χ1n) is 9.49. The number of fused-ring (bicyclic) bond motifs is 1. The SMILES string of the molecule is CC(C)(C)c1cc(-c2ccc[nH]c2=O)c2c(=O)[nH]c(-c3ccc(N)cc3)cc2c1. The third-order valence-corrected chi connectivity index (χ3v) is 5.14. The lowest BCUT2D eigenvalue weighted by atomic mass is 9.83. The molecular formula is C24H23N3O2. The van der Waals surface area contributed by atoms with Crippen molar-refractivity contribution in [3.63, 3.8) is 0 Å². The zero-order chi connectivity index (χ0) is 20.8. The van der Waals surface area contributed by atoms with Crippen LogP contribution in [0.15, 0.2) is 70.4 Å². The van der Waals surface area contributed by atoms with Crippen molar-refractivity contribution in [2.75, 3.05) is 5.73 Å². The number of hydrogen-bond acceptors (Lipinski definition) is 3. The van der Waals surface area contributed by atoms with Crippen LogP contribution in [0.5, 0.6) is 0 Å². The van der Waals surface area contributed by atoms with Crippen LogP contribution < -0.4 is 16.9 Å². The molecule has 146 valence electrons. The Kier molecular flexibility index (Phi) is 4.38. The Morgan fingerprint density at radius 1 is 0.862 bits per heavy atom. The fraction of sp³-hybridized carbons (Fsp3) is 0.167. The molecule has 0 radical (unpaired) electrons. The molecule has 0 aliphatic heterocycles. The lowest BCUT2D eigenvalue weighted by Crippen LogP contribution is -2.16. The van der Waals surface area contributed by atoms with Gasteiger partial charge in [0.1, 0.15) is 0 Å². The number of pyridine rings is 2. The van der Waals surface area contributed by atoms with Crippen LogP contribution in [-0.2, 0) is 5.41 Å². The average molecular weight is 385 g/mol. The van der Waals surface area contributed by atoms with E-state index >= 15 is 0 Å². The van der Waals surface area contributed by atoms with Gasteiger partial charge in [-0.2, -0.15) is 0 Å². The van der Waals surface area contributed by atoms with E-state index in [2.05, 4.69) is 30.7 Å². The molecule has 0 spiro atoms. The predicted molar refractivity (Wildman–Crippen MR) is 119 cm³/mol. The molecule has 5 nitrogen and oxygen atoms in total. The summed E-state index contributed by atoms with van der Waals surface area (Å²) in [4.78, 5) is 31.3. The van der Waals surface area contributed by atoms with Crippen LogP contribution in [0, 0.1) is 0 Å². The van der Waals surface area contributed by atoms with Crippen molar-refractivity contribution < 1.29 is 0 Å². The lowest BCUT2D eigenvalue weighted by molar-refractivity contribution is 0.591. The largest absolute Gasteiger partial charge is 0.399 e. The van der Waals surface area contributed by atoms with Crippen LogP contribution >= 0.6 is 0 Å². The van der Waals surface area contributed by atoms with E-state index in [1.165, 1.54) is 0 Å². The van der Waals surface area contributed by atoms with Gasteiger partial charge >= 0.3 is 0 Å².